The first-order valence-electron chi connectivity index (χ1n) is 5.96. The van der Waals surface area contributed by atoms with E-state index in [1.54, 1.807) is 6.92 Å². The molecule has 18 heavy (non-hydrogen) atoms. The molecular weight excluding hydrogens is 250 g/mol. The predicted molar refractivity (Wildman–Crippen MR) is 75.0 cm³/mol. The molecule has 0 amide bonds. The number of ketones is 1. The average molecular weight is 270 g/mol. The largest absolute Gasteiger partial charge is 0.360 e. The summed E-state index contributed by atoms with van der Waals surface area (Å²) in [6.07, 6.45) is -0.567. The maximum Gasteiger partial charge on any atom is 0.195 e. The summed E-state index contributed by atoms with van der Waals surface area (Å²) >= 11 is 0. The fraction of sp³-hybridized carbons (Fsp3) is 0.500. The topological polar surface area (TPSA) is 26.3 Å². The Kier molecular flexibility index (Phi) is 5.43. The van der Waals surface area contributed by atoms with Gasteiger partial charge < -0.3 is 4.74 Å². The zero-order chi connectivity index (χ0) is 13.9. The van der Waals surface area contributed by atoms with E-state index in [0.29, 0.717) is 5.56 Å². The lowest BCUT2D eigenvalue weighted by Crippen LogP contribution is -2.25. The van der Waals surface area contributed by atoms with Gasteiger partial charge in [0.15, 0.2) is 5.78 Å². The van der Waals surface area contributed by atoms with Crippen LogP contribution in [-0.4, -0.2) is 24.4 Å². The minimum absolute atomic E-state index is 0.115. The Bertz CT molecular complexity index is 422. The van der Waals surface area contributed by atoms with Gasteiger partial charge in [0.05, 0.1) is 6.10 Å². The number of benzene rings is 1. The number of aryl methyl sites for hydroxylation is 3. The van der Waals surface area contributed by atoms with E-state index in [4.69, 9.17) is 4.74 Å². The Morgan fingerprint density at radius 3 is 2.28 bits per heavy atom. The molecule has 1 aromatic rings. The molecule has 0 aliphatic rings. The Morgan fingerprint density at radius 2 is 1.83 bits per heavy atom. The third-order valence-corrected chi connectivity index (χ3v) is 3.24. The first-order chi connectivity index (χ1) is 8.36. The zero-order valence-corrected chi connectivity index (χ0v) is 12.4. The molecule has 0 saturated carbocycles. The van der Waals surface area contributed by atoms with E-state index in [1.165, 1.54) is 0 Å². The second-order valence-electron chi connectivity index (χ2n) is 4.66. The SMILES string of the molecule is Cc1cc(C)c(C(=O)C(P)O[C@@H](C)CF)c(C)c1. The third kappa shape index (κ3) is 3.60. The van der Waals surface area contributed by atoms with Gasteiger partial charge in [-0.2, -0.15) is 0 Å². The molecule has 0 spiro atoms. The monoisotopic (exact) mass is 270 g/mol. The van der Waals surface area contributed by atoms with Crippen molar-refractivity contribution < 1.29 is 13.9 Å². The Balaban J connectivity index is 2.97. The standard InChI is InChI=1S/C14H20FO2P/c1-8-5-9(2)12(10(3)6-8)13(16)14(18)17-11(4)7-15/h5-6,11,14H,7,18H2,1-4H3/t11-,14?/m0/s1. The molecule has 0 heterocycles. The van der Waals surface area contributed by atoms with E-state index in [2.05, 4.69) is 9.24 Å². The smallest absolute Gasteiger partial charge is 0.195 e. The zero-order valence-electron chi connectivity index (χ0n) is 11.3. The van der Waals surface area contributed by atoms with Gasteiger partial charge in [0.2, 0.25) is 0 Å². The van der Waals surface area contributed by atoms with Crippen molar-refractivity contribution >= 4 is 15.0 Å². The number of halogens is 1. The second-order valence-corrected chi connectivity index (χ2v) is 5.27. The molecule has 0 aromatic heterocycles. The number of ether oxygens (including phenoxy) is 1. The number of carbonyl (C=O) groups excluding carboxylic acids is 1. The number of rotatable bonds is 5. The van der Waals surface area contributed by atoms with Crippen molar-refractivity contribution in [2.75, 3.05) is 6.67 Å². The van der Waals surface area contributed by atoms with Crippen molar-refractivity contribution in [3.8, 4) is 0 Å². The van der Waals surface area contributed by atoms with Gasteiger partial charge in [-0.1, -0.05) is 26.9 Å². The lowest BCUT2D eigenvalue weighted by molar-refractivity contribution is 0.0288. The molecule has 0 bridgehead atoms. The molecule has 3 atom stereocenters. The van der Waals surface area contributed by atoms with Crippen LogP contribution in [0.4, 0.5) is 4.39 Å². The molecule has 0 fully saturated rings. The van der Waals surface area contributed by atoms with Gasteiger partial charge in [-0.15, -0.1) is 0 Å². The molecule has 4 heteroatoms. The molecule has 2 unspecified atom stereocenters. The van der Waals surface area contributed by atoms with Crippen molar-refractivity contribution in [1.29, 1.82) is 0 Å². The molecule has 0 radical (unpaired) electrons. The van der Waals surface area contributed by atoms with Crippen LogP contribution in [0.2, 0.25) is 0 Å². The number of hydrogen-bond donors (Lipinski definition) is 0. The van der Waals surface area contributed by atoms with Crippen LogP contribution in [-0.2, 0) is 4.74 Å². The first-order valence-corrected chi connectivity index (χ1v) is 6.62. The van der Waals surface area contributed by atoms with Crippen LogP contribution in [0, 0.1) is 20.8 Å². The van der Waals surface area contributed by atoms with Crippen LogP contribution in [0.25, 0.3) is 0 Å². The Morgan fingerprint density at radius 1 is 1.33 bits per heavy atom. The molecule has 1 rings (SSSR count). The highest BCUT2D eigenvalue weighted by Crippen LogP contribution is 2.22. The van der Waals surface area contributed by atoms with E-state index in [1.807, 2.05) is 32.9 Å². The summed E-state index contributed by atoms with van der Waals surface area (Å²) in [4.78, 5) is 12.3. The summed E-state index contributed by atoms with van der Waals surface area (Å²) in [5.41, 5.74) is 3.66. The summed E-state index contributed by atoms with van der Waals surface area (Å²) in [5, 5.41) is 0. The van der Waals surface area contributed by atoms with Crippen molar-refractivity contribution in [3.63, 3.8) is 0 Å². The minimum Gasteiger partial charge on any atom is -0.360 e. The van der Waals surface area contributed by atoms with Gasteiger partial charge >= 0.3 is 0 Å². The van der Waals surface area contributed by atoms with E-state index >= 15 is 0 Å². The fourth-order valence-electron chi connectivity index (χ4n) is 2.06. The normalized spacial score (nSPS) is 14.3. The molecule has 2 nitrogen and oxygen atoms in total. The van der Waals surface area contributed by atoms with Crippen LogP contribution in [0.3, 0.4) is 0 Å². The highest BCUT2D eigenvalue weighted by Gasteiger charge is 2.21. The predicted octanol–water partition coefficient (Wildman–Crippen LogP) is 3.37. The maximum absolute atomic E-state index is 12.4. The lowest BCUT2D eigenvalue weighted by atomic mass is 9.97. The Labute approximate surface area is 110 Å². The Hall–Kier alpha value is -0.790. The molecular formula is C14H20FO2P. The molecule has 0 aliphatic carbocycles. The fourth-order valence-corrected chi connectivity index (χ4v) is 2.49. The van der Waals surface area contributed by atoms with Crippen molar-refractivity contribution in [1.82, 2.24) is 0 Å². The van der Waals surface area contributed by atoms with Crippen molar-refractivity contribution in [3.05, 3.63) is 34.4 Å². The van der Waals surface area contributed by atoms with Gasteiger partial charge in [-0.05, 0) is 38.8 Å². The summed E-state index contributed by atoms with van der Waals surface area (Å²) in [5.74, 6) is -0.814. The van der Waals surface area contributed by atoms with Gasteiger partial charge in [-0.3, -0.25) is 4.79 Å². The van der Waals surface area contributed by atoms with Gasteiger partial charge in [-0.25, -0.2) is 4.39 Å². The van der Waals surface area contributed by atoms with Crippen molar-refractivity contribution in [2.24, 2.45) is 0 Å². The molecule has 1 aromatic carbocycles. The van der Waals surface area contributed by atoms with Crippen LogP contribution < -0.4 is 0 Å². The van der Waals surface area contributed by atoms with Gasteiger partial charge in [0, 0.05) is 5.56 Å². The minimum atomic E-state index is -0.698. The summed E-state index contributed by atoms with van der Waals surface area (Å²) < 4.78 is 17.7. The summed E-state index contributed by atoms with van der Waals surface area (Å²) in [7, 11) is 2.34. The number of carbonyl (C=O) groups is 1. The third-order valence-electron chi connectivity index (χ3n) is 2.78. The molecule has 0 aliphatic heterocycles. The molecule has 0 N–H and O–H groups in total. The van der Waals surface area contributed by atoms with Crippen LogP contribution in [0.15, 0.2) is 12.1 Å². The van der Waals surface area contributed by atoms with Gasteiger partial charge in [0.25, 0.3) is 0 Å². The van der Waals surface area contributed by atoms with E-state index in [0.717, 1.165) is 16.7 Å². The van der Waals surface area contributed by atoms with Crippen LogP contribution in [0.5, 0.6) is 0 Å². The highest BCUT2D eigenvalue weighted by molar-refractivity contribution is 7.19. The van der Waals surface area contributed by atoms with E-state index in [9.17, 15) is 9.18 Å². The number of alkyl halides is 1. The van der Waals surface area contributed by atoms with Crippen LogP contribution in [0.1, 0.15) is 34.0 Å². The molecule has 100 valence electrons. The molecule has 0 saturated heterocycles. The number of hydrogen-bond acceptors (Lipinski definition) is 2. The average Bonchev–Trinajstić information content (AvgIpc) is 2.27. The van der Waals surface area contributed by atoms with Crippen molar-refractivity contribution in [2.45, 2.75) is 39.6 Å². The highest BCUT2D eigenvalue weighted by atomic mass is 31.0. The van der Waals surface area contributed by atoms with Gasteiger partial charge in [0.1, 0.15) is 12.5 Å². The van der Waals surface area contributed by atoms with Crippen LogP contribution >= 0.6 is 9.24 Å². The van der Waals surface area contributed by atoms with E-state index < -0.39 is 18.6 Å². The second kappa shape index (κ2) is 6.40. The first kappa shape index (κ1) is 15.3. The summed E-state index contributed by atoms with van der Waals surface area (Å²) in [6.45, 7) is 6.82. The lowest BCUT2D eigenvalue weighted by Gasteiger charge is -2.18. The maximum atomic E-state index is 12.4. The van der Waals surface area contributed by atoms with E-state index in [-0.39, 0.29) is 5.78 Å². The number of Topliss-reactive ketones (excluding diaryl/α,β-unsaturated/α-hetero) is 1. The summed E-state index contributed by atoms with van der Waals surface area (Å²) in [6, 6.07) is 3.94. The quantitative estimate of drug-likeness (QED) is 0.605.